The van der Waals surface area contributed by atoms with E-state index in [4.69, 9.17) is 4.52 Å². The Morgan fingerprint density at radius 2 is 1.97 bits per heavy atom. The molecule has 0 saturated carbocycles. The van der Waals surface area contributed by atoms with Gasteiger partial charge in [-0.05, 0) is 30.7 Å². The van der Waals surface area contributed by atoms with Gasteiger partial charge in [0.2, 0.25) is 23.5 Å². The van der Waals surface area contributed by atoms with Crippen molar-refractivity contribution in [2.24, 2.45) is 0 Å². The Hall–Kier alpha value is -4.41. The molecule has 3 aliphatic rings. The number of pyridine rings is 1. The standard InChI is InChI=1S/C24H20N6O5/c31-18-7-6-17(22(32)26-18)30-23(33)16-5-2-10-29(20(16)24(30)34)12-19-27-21(28-35-19)15-4-1-3-13-11-25-9-8-14(13)15/h1,3-4,8-9,11,17H,2,5-7,10,12H2,(H,26,31,32). The number of piperidine rings is 1. The maximum atomic E-state index is 13.3. The van der Waals surface area contributed by atoms with Gasteiger partial charge in [0.05, 0.1) is 6.54 Å². The molecule has 5 heterocycles. The molecule has 0 bridgehead atoms. The van der Waals surface area contributed by atoms with Gasteiger partial charge in [0.25, 0.3) is 11.8 Å². The molecule has 4 amide bonds. The van der Waals surface area contributed by atoms with E-state index in [1.807, 2.05) is 24.3 Å². The molecule has 11 heteroatoms. The highest BCUT2D eigenvalue weighted by Gasteiger charge is 2.48. The third-order valence-corrected chi connectivity index (χ3v) is 6.59. The van der Waals surface area contributed by atoms with Crippen molar-refractivity contribution in [1.82, 2.24) is 30.2 Å². The van der Waals surface area contributed by atoms with Crippen LogP contribution in [0.3, 0.4) is 0 Å². The van der Waals surface area contributed by atoms with E-state index < -0.39 is 29.7 Å². The first-order chi connectivity index (χ1) is 17.0. The molecule has 35 heavy (non-hydrogen) atoms. The van der Waals surface area contributed by atoms with Gasteiger partial charge in [0, 0.05) is 41.9 Å². The molecule has 11 nitrogen and oxygen atoms in total. The number of hydrogen-bond donors (Lipinski definition) is 1. The van der Waals surface area contributed by atoms with Crippen molar-refractivity contribution in [1.29, 1.82) is 0 Å². The summed E-state index contributed by atoms with van der Waals surface area (Å²) in [5.74, 6) is -1.30. The summed E-state index contributed by atoms with van der Waals surface area (Å²) in [6.45, 7) is 0.680. The number of aromatic nitrogens is 3. The molecule has 1 unspecified atom stereocenters. The van der Waals surface area contributed by atoms with Gasteiger partial charge in [-0.2, -0.15) is 4.98 Å². The number of nitrogens with zero attached hydrogens (tertiary/aromatic N) is 5. The Kier molecular flexibility index (Phi) is 4.90. The van der Waals surface area contributed by atoms with Gasteiger partial charge in [0.1, 0.15) is 11.7 Å². The van der Waals surface area contributed by atoms with Crippen LogP contribution in [0.5, 0.6) is 0 Å². The third-order valence-electron chi connectivity index (χ3n) is 6.59. The summed E-state index contributed by atoms with van der Waals surface area (Å²) in [7, 11) is 0. The average Bonchev–Trinajstić information content (AvgIpc) is 3.42. The van der Waals surface area contributed by atoms with E-state index >= 15 is 0 Å². The quantitative estimate of drug-likeness (QED) is 0.557. The predicted octanol–water partition coefficient (Wildman–Crippen LogP) is 1.31. The van der Waals surface area contributed by atoms with Gasteiger partial charge in [-0.1, -0.05) is 23.4 Å². The van der Waals surface area contributed by atoms with Gasteiger partial charge < -0.3 is 9.42 Å². The minimum absolute atomic E-state index is 0.0802. The van der Waals surface area contributed by atoms with Gasteiger partial charge in [-0.3, -0.25) is 34.4 Å². The zero-order valence-electron chi connectivity index (χ0n) is 18.6. The molecule has 1 N–H and O–H groups in total. The lowest BCUT2D eigenvalue weighted by molar-refractivity contribution is -0.150. The zero-order chi connectivity index (χ0) is 24.1. The minimum atomic E-state index is -0.990. The summed E-state index contributed by atoms with van der Waals surface area (Å²) in [6, 6.07) is 6.63. The number of benzene rings is 1. The normalized spacial score (nSPS) is 20.6. The van der Waals surface area contributed by atoms with Crippen LogP contribution in [0.4, 0.5) is 0 Å². The van der Waals surface area contributed by atoms with E-state index in [1.165, 1.54) is 0 Å². The van der Waals surface area contributed by atoms with Crippen LogP contribution in [0.15, 0.2) is 52.5 Å². The van der Waals surface area contributed by atoms with Crippen LogP contribution in [-0.2, 0) is 25.7 Å². The summed E-state index contributed by atoms with van der Waals surface area (Å²) >= 11 is 0. The van der Waals surface area contributed by atoms with E-state index in [9.17, 15) is 19.2 Å². The van der Waals surface area contributed by atoms with Gasteiger partial charge in [0.15, 0.2) is 0 Å². The van der Waals surface area contributed by atoms with Crippen molar-refractivity contribution < 1.29 is 23.7 Å². The van der Waals surface area contributed by atoms with Crippen molar-refractivity contribution in [2.75, 3.05) is 6.54 Å². The summed E-state index contributed by atoms with van der Waals surface area (Å²) < 4.78 is 5.50. The van der Waals surface area contributed by atoms with Crippen LogP contribution in [0.1, 0.15) is 31.6 Å². The smallest absolute Gasteiger partial charge is 0.278 e. The van der Waals surface area contributed by atoms with Crippen molar-refractivity contribution >= 4 is 34.4 Å². The highest BCUT2D eigenvalue weighted by molar-refractivity contribution is 6.21. The number of imide groups is 2. The number of carbonyl (C=O) groups is 4. The Morgan fingerprint density at radius 1 is 1.09 bits per heavy atom. The number of nitrogens with one attached hydrogen (secondary N) is 1. The monoisotopic (exact) mass is 472 g/mol. The molecular formula is C24H20N6O5. The highest BCUT2D eigenvalue weighted by Crippen LogP contribution is 2.35. The molecule has 0 radical (unpaired) electrons. The predicted molar refractivity (Wildman–Crippen MR) is 120 cm³/mol. The summed E-state index contributed by atoms with van der Waals surface area (Å²) in [6.07, 6.45) is 4.77. The topological polar surface area (TPSA) is 139 Å². The molecule has 176 valence electrons. The SMILES string of the molecule is O=C1CCC(N2C(=O)C3=C(C2=O)N(Cc2nc(-c4cccc5cnccc45)no2)CCC3)C(=O)N1. The number of amides is 4. The second-order valence-corrected chi connectivity index (χ2v) is 8.71. The van der Waals surface area contributed by atoms with Crippen LogP contribution in [0.2, 0.25) is 0 Å². The fourth-order valence-corrected chi connectivity index (χ4v) is 4.97. The number of rotatable bonds is 4. The fourth-order valence-electron chi connectivity index (χ4n) is 4.97. The number of hydrogen-bond acceptors (Lipinski definition) is 9. The minimum Gasteiger partial charge on any atom is -0.357 e. The van der Waals surface area contributed by atoms with Crippen molar-refractivity contribution in [3.63, 3.8) is 0 Å². The third kappa shape index (κ3) is 3.47. The summed E-state index contributed by atoms with van der Waals surface area (Å²) in [4.78, 5) is 61.7. The van der Waals surface area contributed by atoms with E-state index in [-0.39, 0.29) is 25.1 Å². The summed E-state index contributed by atoms with van der Waals surface area (Å²) in [5, 5.41) is 8.24. The fraction of sp³-hybridized carbons (Fsp3) is 0.292. The second-order valence-electron chi connectivity index (χ2n) is 8.71. The maximum Gasteiger partial charge on any atom is 0.278 e. The Morgan fingerprint density at radius 3 is 2.83 bits per heavy atom. The molecule has 1 fully saturated rings. The van der Waals surface area contributed by atoms with E-state index in [1.54, 1.807) is 17.3 Å². The van der Waals surface area contributed by atoms with Crippen LogP contribution < -0.4 is 5.32 Å². The molecule has 3 aromatic rings. The van der Waals surface area contributed by atoms with Gasteiger partial charge >= 0.3 is 0 Å². The molecule has 1 aromatic carbocycles. The average molecular weight is 472 g/mol. The van der Waals surface area contributed by atoms with Crippen LogP contribution in [0.25, 0.3) is 22.2 Å². The number of fused-ring (bicyclic) bond motifs is 1. The summed E-state index contributed by atoms with van der Waals surface area (Å²) in [5.41, 5.74) is 1.45. The number of carbonyl (C=O) groups excluding carboxylic acids is 4. The first-order valence-corrected chi connectivity index (χ1v) is 11.4. The van der Waals surface area contributed by atoms with Gasteiger partial charge in [-0.25, -0.2) is 0 Å². The van der Waals surface area contributed by atoms with Crippen LogP contribution in [0, 0.1) is 0 Å². The molecule has 0 spiro atoms. The molecule has 6 rings (SSSR count). The highest BCUT2D eigenvalue weighted by atomic mass is 16.5. The largest absolute Gasteiger partial charge is 0.357 e. The molecule has 1 saturated heterocycles. The second kappa shape index (κ2) is 8.12. The lowest BCUT2D eigenvalue weighted by atomic mass is 10.0. The Labute approximate surface area is 198 Å². The van der Waals surface area contributed by atoms with Crippen LogP contribution in [-0.4, -0.2) is 61.1 Å². The molecule has 1 atom stereocenters. The molecular weight excluding hydrogens is 452 g/mol. The van der Waals surface area contributed by atoms with Crippen molar-refractivity contribution in [3.05, 3.63) is 53.8 Å². The lowest BCUT2D eigenvalue weighted by Gasteiger charge is -2.29. The van der Waals surface area contributed by atoms with Crippen molar-refractivity contribution in [2.45, 2.75) is 38.3 Å². The van der Waals surface area contributed by atoms with E-state index in [0.717, 1.165) is 21.2 Å². The molecule has 2 aromatic heterocycles. The zero-order valence-corrected chi connectivity index (χ0v) is 18.6. The van der Waals surface area contributed by atoms with E-state index in [2.05, 4.69) is 20.4 Å². The maximum absolute atomic E-state index is 13.3. The molecule has 0 aliphatic carbocycles. The lowest BCUT2D eigenvalue weighted by Crippen LogP contribution is -2.55. The van der Waals surface area contributed by atoms with E-state index in [0.29, 0.717) is 36.7 Å². The van der Waals surface area contributed by atoms with Crippen molar-refractivity contribution in [3.8, 4) is 11.4 Å². The molecule has 3 aliphatic heterocycles. The first-order valence-electron chi connectivity index (χ1n) is 11.4. The Bertz CT molecular complexity index is 1440. The Balaban J connectivity index is 1.26. The van der Waals surface area contributed by atoms with Crippen LogP contribution >= 0.6 is 0 Å². The first kappa shape index (κ1) is 21.1. The van der Waals surface area contributed by atoms with Gasteiger partial charge in [-0.15, -0.1) is 0 Å².